The summed E-state index contributed by atoms with van der Waals surface area (Å²) in [5.74, 6) is 0. The van der Waals surface area contributed by atoms with E-state index in [2.05, 4.69) is 6.58 Å². The molecule has 1 aliphatic rings. The van der Waals surface area contributed by atoms with Crippen LogP contribution >= 0.6 is 0 Å². The van der Waals surface area contributed by atoms with Crippen LogP contribution in [0.1, 0.15) is 16.7 Å². The molecule has 0 saturated carbocycles. The molecular formula is C13H11F3. The number of halogens is 3. The number of fused-ring (bicyclic) bond motifs is 1. The van der Waals surface area contributed by atoms with E-state index < -0.39 is 11.7 Å². The van der Waals surface area contributed by atoms with Gasteiger partial charge in [0.1, 0.15) is 0 Å². The molecule has 0 bridgehead atoms. The predicted molar refractivity (Wildman–Crippen MR) is 58.1 cm³/mol. The first-order valence-electron chi connectivity index (χ1n) is 5.02. The average Bonchev–Trinajstić information content (AvgIpc) is 2.62. The fourth-order valence-corrected chi connectivity index (χ4v) is 1.95. The van der Waals surface area contributed by atoms with Crippen LogP contribution < -0.4 is 0 Å². The number of allylic oxidation sites excluding steroid dienone is 2. The van der Waals surface area contributed by atoms with E-state index in [9.17, 15) is 13.2 Å². The minimum absolute atomic E-state index is 0.0101. The Kier molecular flexibility index (Phi) is 2.62. The molecule has 0 nitrogen and oxygen atoms in total. The molecule has 1 aliphatic carbocycles. The largest absolute Gasteiger partial charge is 0.413 e. The van der Waals surface area contributed by atoms with Gasteiger partial charge in [-0.1, -0.05) is 24.3 Å². The van der Waals surface area contributed by atoms with Gasteiger partial charge in [-0.15, -0.1) is 6.58 Å². The maximum absolute atomic E-state index is 12.6. The quantitative estimate of drug-likeness (QED) is 0.668. The van der Waals surface area contributed by atoms with Crippen LogP contribution in [-0.4, -0.2) is 6.18 Å². The van der Waals surface area contributed by atoms with E-state index in [0.29, 0.717) is 6.42 Å². The van der Waals surface area contributed by atoms with Crippen LogP contribution in [0.4, 0.5) is 13.2 Å². The highest BCUT2D eigenvalue weighted by atomic mass is 19.4. The molecule has 0 aliphatic heterocycles. The van der Waals surface area contributed by atoms with Crippen LogP contribution in [-0.2, 0) is 12.8 Å². The Bertz CT molecular complexity index is 453. The van der Waals surface area contributed by atoms with Crippen molar-refractivity contribution in [3.8, 4) is 0 Å². The number of rotatable bonds is 2. The Balaban J connectivity index is 2.42. The standard InChI is InChI=1S/C13H11F3/c1-2-4-9-5-3-6-10-7-11(8-12(9)10)13(14,15)16/h2-3,5-6,8H,1,4,7H2. The van der Waals surface area contributed by atoms with Gasteiger partial charge in [-0.3, -0.25) is 0 Å². The van der Waals surface area contributed by atoms with Crippen LogP contribution in [0.2, 0.25) is 0 Å². The molecular weight excluding hydrogens is 213 g/mol. The zero-order chi connectivity index (χ0) is 11.8. The van der Waals surface area contributed by atoms with Crippen LogP contribution in [0, 0.1) is 0 Å². The Labute approximate surface area is 92.1 Å². The topological polar surface area (TPSA) is 0 Å². The molecule has 2 rings (SSSR count). The van der Waals surface area contributed by atoms with Gasteiger partial charge in [0.2, 0.25) is 0 Å². The van der Waals surface area contributed by atoms with Gasteiger partial charge in [-0.05, 0) is 29.2 Å². The third-order valence-electron chi connectivity index (χ3n) is 2.71. The van der Waals surface area contributed by atoms with Crippen LogP contribution in [0.15, 0.2) is 36.4 Å². The Morgan fingerprint density at radius 3 is 2.69 bits per heavy atom. The van der Waals surface area contributed by atoms with Gasteiger partial charge < -0.3 is 0 Å². The molecule has 0 saturated heterocycles. The zero-order valence-corrected chi connectivity index (χ0v) is 8.64. The highest BCUT2D eigenvalue weighted by Gasteiger charge is 2.36. The van der Waals surface area contributed by atoms with Crippen molar-refractivity contribution in [1.82, 2.24) is 0 Å². The highest BCUT2D eigenvalue weighted by Crippen LogP contribution is 2.37. The molecule has 0 radical (unpaired) electrons. The SMILES string of the molecule is C=CCc1cccc2c1C=C(C(F)(F)F)C2. The zero-order valence-electron chi connectivity index (χ0n) is 8.64. The Hall–Kier alpha value is -1.51. The molecule has 0 aromatic heterocycles. The lowest BCUT2D eigenvalue weighted by molar-refractivity contribution is -0.0918. The summed E-state index contributed by atoms with van der Waals surface area (Å²) in [5.41, 5.74) is 1.92. The fourth-order valence-electron chi connectivity index (χ4n) is 1.95. The van der Waals surface area contributed by atoms with E-state index in [4.69, 9.17) is 0 Å². The molecule has 0 heterocycles. The van der Waals surface area contributed by atoms with Gasteiger partial charge in [0, 0.05) is 12.0 Å². The normalized spacial score (nSPS) is 14.6. The van der Waals surface area contributed by atoms with E-state index in [1.165, 1.54) is 6.08 Å². The summed E-state index contributed by atoms with van der Waals surface area (Å²) in [6.45, 7) is 3.61. The van der Waals surface area contributed by atoms with Gasteiger partial charge in [-0.25, -0.2) is 0 Å². The first kappa shape index (κ1) is 11.0. The van der Waals surface area contributed by atoms with Crippen LogP contribution in [0.3, 0.4) is 0 Å². The van der Waals surface area contributed by atoms with Gasteiger partial charge in [0.25, 0.3) is 0 Å². The summed E-state index contributed by atoms with van der Waals surface area (Å²) < 4.78 is 37.7. The molecule has 3 heteroatoms. The molecule has 0 amide bonds. The first-order valence-corrected chi connectivity index (χ1v) is 5.02. The van der Waals surface area contributed by atoms with Crippen LogP contribution in [0.25, 0.3) is 6.08 Å². The summed E-state index contributed by atoms with van der Waals surface area (Å²) in [4.78, 5) is 0. The van der Waals surface area contributed by atoms with Crippen molar-refractivity contribution in [2.24, 2.45) is 0 Å². The summed E-state index contributed by atoms with van der Waals surface area (Å²) in [6, 6.07) is 5.39. The Morgan fingerprint density at radius 1 is 1.31 bits per heavy atom. The third kappa shape index (κ3) is 1.90. The van der Waals surface area contributed by atoms with E-state index in [0.717, 1.165) is 16.7 Å². The van der Waals surface area contributed by atoms with Gasteiger partial charge in [-0.2, -0.15) is 13.2 Å². The van der Waals surface area contributed by atoms with E-state index in [-0.39, 0.29) is 6.42 Å². The molecule has 0 spiro atoms. The van der Waals surface area contributed by atoms with Gasteiger partial charge in [0.15, 0.2) is 0 Å². The second-order valence-corrected chi connectivity index (χ2v) is 3.83. The summed E-state index contributed by atoms with van der Waals surface area (Å²) >= 11 is 0. The number of hydrogen-bond acceptors (Lipinski definition) is 0. The van der Waals surface area contributed by atoms with E-state index in [1.54, 1.807) is 18.2 Å². The molecule has 1 aromatic carbocycles. The maximum Gasteiger partial charge on any atom is 0.413 e. The van der Waals surface area contributed by atoms with Crippen molar-refractivity contribution in [3.63, 3.8) is 0 Å². The van der Waals surface area contributed by atoms with E-state index in [1.807, 2.05) is 6.07 Å². The predicted octanol–water partition coefficient (Wildman–Crippen LogP) is 3.92. The van der Waals surface area contributed by atoms with Crippen molar-refractivity contribution in [3.05, 3.63) is 53.1 Å². The summed E-state index contributed by atoms with van der Waals surface area (Å²) in [6.07, 6.45) is -0.664. The molecule has 84 valence electrons. The highest BCUT2D eigenvalue weighted by molar-refractivity contribution is 5.68. The van der Waals surface area contributed by atoms with Gasteiger partial charge in [0.05, 0.1) is 0 Å². The number of benzene rings is 1. The molecule has 1 aromatic rings. The van der Waals surface area contributed by atoms with Crippen LogP contribution in [0.5, 0.6) is 0 Å². The lowest BCUT2D eigenvalue weighted by atomic mass is 10.0. The molecule has 0 atom stereocenters. The summed E-state index contributed by atoms with van der Waals surface area (Å²) in [7, 11) is 0. The molecule has 0 unspecified atom stereocenters. The lowest BCUT2D eigenvalue weighted by Gasteiger charge is -2.06. The summed E-state index contributed by atoms with van der Waals surface area (Å²) in [5, 5.41) is 0. The lowest BCUT2D eigenvalue weighted by Crippen LogP contribution is -2.11. The first-order chi connectivity index (χ1) is 7.52. The molecule has 0 N–H and O–H groups in total. The third-order valence-corrected chi connectivity index (χ3v) is 2.71. The van der Waals surface area contributed by atoms with Gasteiger partial charge >= 0.3 is 6.18 Å². The van der Waals surface area contributed by atoms with Crippen molar-refractivity contribution in [1.29, 1.82) is 0 Å². The molecule has 0 fully saturated rings. The molecule has 16 heavy (non-hydrogen) atoms. The number of alkyl halides is 3. The second-order valence-electron chi connectivity index (χ2n) is 3.83. The minimum Gasteiger partial charge on any atom is -0.166 e. The van der Waals surface area contributed by atoms with Crippen molar-refractivity contribution < 1.29 is 13.2 Å². The number of hydrogen-bond donors (Lipinski definition) is 0. The average molecular weight is 224 g/mol. The smallest absolute Gasteiger partial charge is 0.166 e. The van der Waals surface area contributed by atoms with Crippen molar-refractivity contribution in [2.75, 3.05) is 0 Å². The Morgan fingerprint density at radius 2 is 2.06 bits per heavy atom. The second kappa shape index (κ2) is 3.81. The minimum atomic E-state index is -4.22. The fraction of sp³-hybridized carbons (Fsp3) is 0.231. The van der Waals surface area contributed by atoms with E-state index >= 15 is 0 Å². The van der Waals surface area contributed by atoms with Crippen molar-refractivity contribution >= 4 is 6.08 Å². The van der Waals surface area contributed by atoms with Crippen molar-refractivity contribution in [2.45, 2.75) is 19.0 Å². The monoisotopic (exact) mass is 224 g/mol. The maximum atomic E-state index is 12.6.